The van der Waals surface area contributed by atoms with E-state index < -0.39 is 0 Å². The summed E-state index contributed by atoms with van der Waals surface area (Å²) in [4.78, 5) is 12.0. The Hall–Kier alpha value is -3.07. The van der Waals surface area contributed by atoms with E-state index >= 15 is 0 Å². The molecule has 3 heteroatoms. The molecule has 0 N–H and O–H groups in total. The molecule has 0 spiro atoms. The van der Waals surface area contributed by atoms with Crippen LogP contribution in [0.25, 0.3) is 0 Å². The van der Waals surface area contributed by atoms with Gasteiger partial charge in [0.25, 0.3) is 0 Å². The first-order valence-electron chi connectivity index (χ1n) is 10.8. The fraction of sp³-hybridized carbons (Fsp3) is 0.296. The molecule has 152 valence electrons. The van der Waals surface area contributed by atoms with Crippen molar-refractivity contribution in [2.45, 2.75) is 50.7 Å². The van der Waals surface area contributed by atoms with E-state index in [1.807, 2.05) is 42.5 Å². The standard InChI is InChI=1S/C27H26O3/c28-16-23-15-24(29-17-19-7-3-1-4-8-19)25-21-11-13-22(14-12-21)26(25)27(23)30-18-20-9-5-2-6-10-20/h1-10,15-16,21-22H,11-14,17-18H2. The number of carbonyl (C=O) groups is 1. The van der Waals surface area contributed by atoms with Gasteiger partial charge in [-0.25, -0.2) is 0 Å². The lowest BCUT2D eigenvalue weighted by Crippen LogP contribution is -2.24. The number of hydrogen-bond acceptors (Lipinski definition) is 3. The molecule has 0 aromatic heterocycles. The van der Waals surface area contributed by atoms with Crippen LogP contribution in [0.15, 0.2) is 66.7 Å². The van der Waals surface area contributed by atoms with Gasteiger partial charge >= 0.3 is 0 Å². The molecule has 1 fully saturated rings. The largest absolute Gasteiger partial charge is 0.489 e. The van der Waals surface area contributed by atoms with Crippen LogP contribution in [0.2, 0.25) is 0 Å². The van der Waals surface area contributed by atoms with E-state index in [1.54, 1.807) is 0 Å². The van der Waals surface area contributed by atoms with Crippen molar-refractivity contribution in [3.8, 4) is 11.5 Å². The summed E-state index contributed by atoms with van der Waals surface area (Å²) < 4.78 is 12.6. The maximum Gasteiger partial charge on any atom is 0.153 e. The minimum atomic E-state index is 0.453. The molecule has 0 aliphatic heterocycles. The molecule has 2 bridgehead atoms. The molecule has 6 rings (SSSR count). The molecule has 3 aromatic rings. The Morgan fingerprint density at radius 3 is 1.83 bits per heavy atom. The summed E-state index contributed by atoms with van der Waals surface area (Å²) in [5, 5.41) is 0. The molecule has 3 aliphatic rings. The lowest BCUT2D eigenvalue weighted by molar-refractivity contribution is 0.111. The Morgan fingerprint density at radius 1 is 0.733 bits per heavy atom. The Balaban J connectivity index is 1.51. The van der Waals surface area contributed by atoms with Crippen molar-refractivity contribution < 1.29 is 14.3 Å². The summed E-state index contributed by atoms with van der Waals surface area (Å²) >= 11 is 0. The fourth-order valence-electron chi connectivity index (χ4n) is 5.03. The normalized spacial score (nSPS) is 19.2. The molecule has 3 nitrogen and oxygen atoms in total. The maximum atomic E-state index is 12.0. The molecule has 0 radical (unpaired) electrons. The summed E-state index contributed by atoms with van der Waals surface area (Å²) in [6.07, 6.45) is 5.63. The number of carbonyl (C=O) groups excluding carboxylic acids is 1. The van der Waals surface area contributed by atoms with Gasteiger partial charge in [0.2, 0.25) is 0 Å². The van der Waals surface area contributed by atoms with E-state index in [0.29, 0.717) is 30.6 Å². The first-order valence-corrected chi connectivity index (χ1v) is 10.8. The number of benzene rings is 3. The lowest BCUT2D eigenvalue weighted by Gasteiger charge is -2.40. The number of hydrogen-bond donors (Lipinski definition) is 0. The third-order valence-corrected chi connectivity index (χ3v) is 6.48. The van der Waals surface area contributed by atoms with Crippen LogP contribution in [0.4, 0.5) is 0 Å². The average Bonchev–Trinajstić information content (AvgIpc) is 2.83. The predicted octanol–water partition coefficient (Wildman–Crippen LogP) is 6.41. The molecule has 3 aromatic carbocycles. The van der Waals surface area contributed by atoms with Crippen LogP contribution in [0.3, 0.4) is 0 Å². The van der Waals surface area contributed by atoms with Gasteiger partial charge in [0, 0.05) is 11.1 Å². The van der Waals surface area contributed by atoms with Crippen LogP contribution in [-0.4, -0.2) is 6.29 Å². The van der Waals surface area contributed by atoms with Crippen molar-refractivity contribution in [3.05, 3.63) is 94.5 Å². The zero-order valence-electron chi connectivity index (χ0n) is 17.1. The molecular formula is C27H26O3. The molecule has 1 saturated carbocycles. The maximum absolute atomic E-state index is 12.0. The van der Waals surface area contributed by atoms with Crippen LogP contribution in [-0.2, 0) is 13.2 Å². The average molecular weight is 399 g/mol. The first kappa shape index (κ1) is 18.9. The molecular weight excluding hydrogens is 372 g/mol. The van der Waals surface area contributed by atoms with E-state index in [9.17, 15) is 4.79 Å². The highest BCUT2D eigenvalue weighted by molar-refractivity contribution is 5.83. The third kappa shape index (κ3) is 3.60. The van der Waals surface area contributed by atoms with Gasteiger partial charge in [-0.05, 0) is 54.7 Å². The van der Waals surface area contributed by atoms with E-state index in [4.69, 9.17) is 9.47 Å². The van der Waals surface area contributed by atoms with Crippen molar-refractivity contribution in [2.75, 3.05) is 0 Å². The molecule has 3 aliphatic carbocycles. The number of aldehydes is 1. The Labute approximate surface area is 177 Å². The smallest absolute Gasteiger partial charge is 0.153 e. The van der Waals surface area contributed by atoms with Crippen molar-refractivity contribution in [1.82, 2.24) is 0 Å². The number of fused-ring (bicyclic) bond motifs is 2. The lowest BCUT2D eigenvalue weighted by atomic mass is 9.66. The zero-order chi connectivity index (χ0) is 20.3. The molecule has 0 atom stereocenters. The van der Waals surface area contributed by atoms with Crippen LogP contribution >= 0.6 is 0 Å². The van der Waals surface area contributed by atoms with Gasteiger partial charge in [0.1, 0.15) is 24.7 Å². The quantitative estimate of drug-likeness (QED) is 0.431. The highest BCUT2D eigenvalue weighted by Gasteiger charge is 2.38. The van der Waals surface area contributed by atoms with E-state index in [2.05, 4.69) is 24.3 Å². The Morgan fingerprint density at radius 2 is 1.27 bits per heavy atom. The van der Waals surface area contributed by atoms with Gasteiger partial charge in [0.15, 0.2) is 6.29 Å². The van der Waals surface area contributed by atoms with Crippen LogP contribution in [0.5, 0.6) is 11.5 Å². The fourth-order valence-corrected chi connectivity index (χ4v) is 5.03. The molecule has 0 heterocycles. The molecule has 0 saturated heterocycles. The minimum Gasteiger partial charge on any atom is -0.489 e. The van der Waals surface area contributed by atoms with Gasteiger partial charge in [0.05, 0.1) is 5.56 Å². The van der Waals surface area contributed by atoms with Crippen molar-refractivity contribution >= 4 is 6.29 Å². The van der Waals surface area contributed by atoms with Crippen LogP contribution < -0.4 is 9.47 Å². The second kappa shape index (κ2) is 8.35. The van der Waals surface area contributed by atoms with E-state index in [1.165, 1.54) is 36.8 Å². The van der Waals surface area contributed by atoms with Gasteiger partial charge in [-0.3, -0.25) is 4.79 Å². The Kier molecular flexibility index (Phi) is 5.27. The van der Waals surface area contributed by atoms with Crippen molar-refractivity contribution in [3.63, 3.8) is 0 Å². The zero-order valence-corrected chi connectivity index (χ0v) is 17.1. The summed E-state index contributed by atoms with van der Waals surface area (Å²) in [6.45, 7) is 0.975. The van der Waals surface area contributed by atoms with Crippen LogP contribution in [0, 0.1) is 0 Å². The monoisotopic (exact) mass is 398 g/mol. The summed E-state index contributed by atoms with van der Waals surface area (Å²) in [6, 6.07) is 22.2. The summed E-state index contributed by atoms with van der Waals surface area (Å²) in [5.74, 6) is 2.58. The van der Waals surface area contributed by atoms with Crippen LogP contribution in [0.1, 0.15) is 70.1 Å². The second-order valence-electron chi connectivity index (χ2n) is 8.34. The number of rotatable bonds is 7. The van der Waals surface area contributed by atoms with E-state index in [0.717, 1.165) is 28.9 Å². The highest BCUT2D eigenvalue weighted by atomic mass is 16.5. The molecule has 0 unspecified atom stereocenters. The minimum absolute atomic E-state index is 0.453. The molecule has 30 heavy (non-hydrogen) atoms. The second-order valence-corrected chi connectivity index (χ2v) is 8.34. The summed E-state index contributed by atoms with van der Waals surface area (Å²) in [5.41, 5.74) is 5.33. The number of ether oxygens (including phenoxy) is 2. The summed E-state index contributed by atoms with van der Waals surface area (Å²) in [7, 11) is 0. The van der Waals surface area contributed by atoms with E-state index in [-0.39, 0.29) is 0 Å². The SMILES string of the molecule is O=Cc1cc(OCc2ccccc2)c2c(c1OCc1ccccc1)C1CCC2CC1. The van der Waals surface area contributed by atoms with Gasteiger partial charge < -0.3 is 9.47 Å². The Bertz CT molecular complexity index is 1020. The third-order valence-electron chi connectivity index (χ3n) is 6.48. The van der Waals surface area contributed by atoms with Crippen molar-refractivity contribution in [2.24, 2.45) is 0 Å². The topological polar surface area (TPSA) is 35.5 Å². The predicted molar refractivity (Wildman–Crippen MR) is 117 cm³/mol. The van der Waals surface area contributed by atoms with Gasteiger partial charge in [-0.15, -0.1) is 0 Å². The molecule has 0 amide bonds. The van der Waals surface area contributed by atoms with Gasteiger partial charge in [-0.2, -0.15) is 0 Å². The van der Waals surface area contributed by atoms with Crippen molar-refractivity contribution in [1.29, 1.82) is 0 Å². The van der Waals surface area contributed by atoms with Gasteiger partial charge in [-0.1, -0.05) is 60.7 Å². The first-order chi connectivity index (χ1) is 14.8. The highest BCUT2D eigenvalue weighted by Crippen LogP contribution is 2.56.